The summed E-state index contributed by atoms with van der Waals surface area (Å²) in [5.41, 5.74) is 6.34. The number of anilines is 4. The second kappa shape index (κ2) is 16.2. The highest BCUT2D eigenvalue weighted by molar-refractivity contribution is 5.55. The summed E-state index contributed by atoms with van der Waals surface area (Å²) in [7, 11) is 0. The van der Waals surface area contributed by atoms with E-state index in [1.54, 1.807) is 0 Å². The molecule has 178 valence electrons. The largest absolute Gasteiger partial charge is 0.378 e. The van der Waals surface area contributed by atoms with Gasteiger partial charge in [-0.05, 0) is 25.0 Å². The minimum Gasteiger partial charge on any atom is -0.378 e. The average molecular weight is 446 g/mol. The molecule has 0 atom stereocenters. The number of hydrogen-bond acceptors (Lipinski definition) is 9. The number of rotatable bonds is 18. The standard InChI is InChI=1S/C23H39N7O2/c1-3-5-14-30(15-6-4-2)23-28-21(25-13-17-32-19-18-31-16-12-24)27-22(29-23)26-20-10-8-7-9-11-20/h7-11H,3-6,12-19,24H2,1-2H3,(H2,25,26,27,28,29). The molecule has 9 heteroatoms. The van der Waals surface area contributed by atoms with E-state index in [1.165, 1.54) is 0 Å². The molecular formula is C23H39N7O2. The first kappa shape index (κ1) is 25.8. The first-order valence-corrected chi connectivity index (χ1v) is 11.7. The van der Waals surface area contributed by atoms with Crippen LogP contribution in [0.3, 0.4) is 0 Å². The molecule has 0 radical (unpaired) electrons. The molecule has 0 spiro atoms. The molecule has 0 amide bonds. The molecule has 0 bridgehead atoms. The molecule has 0 aliphatic carbocycles. The summed E-state index contributed by atoms with van der Waals surface area (Å²) in [4.78, 5) is 16.2. The van der Waals surface area contributed by atoms with Gasteiger partial charge in [0.2, 0.25) is 17.8 Å². The van der Waals surface area contributed by atoms with E-state index in [2.05, 4.69) is 34.4 Å². The Hall–Kier alpha value is -2.49. The first-order chi connectivity index (χ1) is 15.8. The van der Waals surface area contributed by atoms with E-state index in [9.17, 15) is 0 Å². The van der Waals surface area contributed by atoms with Crippen molar-refractivity contribution in [3.05, 3.63) is 30.3 Å². The molecule has 1 heterocycles. The first-order valence-electron chi connectivity index (χ1n) is 11.7. The van der Waals surface area contributed by atoms with Crippen molar-refractivity contribution >= 4 is 23.5 Å². The fourth-order valence-electron chi connectivity index (χ4n) is 2.94. The molecule has 0 aliphatic heterocycles. The summed E-state index contributed by atoms with van der Waals surface area (Å²) >= 11 is 0. The Morgan fingerprint density at radius 2 is 1.50 bits per heavy atom. The quantitative estimate of drug-likeness (QED) is 0.297. The Morgan fingerprint density at radius 3 is 2.16 bits per heavy atom. The normalized spacial score (nSPS) is 10.8. The molecule has 1 aromatic carbocycles. The third kappa shape index (κ3) is 10.2. The van der Waals surface area contributed by atoms with Crippen LogP contribution in [0.4, 0.5) is 23.5 Å². The summed E-state index contributed by atoms with van der Waals surface area (Å²) in [5, 5.41) is 6.56. The summed E-state index contributed by atoms with van der Waals surface area (Å²) in [6.45, 7) is 9.53. The Kier molecular flexibility index (Phi) is 13.0. The van der Waals surface area contributed by atoms with Crippen LogP contribution in [0.25, 0.3) is 0 Å². The van der Waals surface area contributed by atoms with Gasteiger partial charge < -0.3 is 30.7 Å². The van der Waals surface area contributed by atoms with Crippen LogP contribution >= 0.6 is 0 Å². The molecular weight excluding hydrogens is 406 g/mol. The third-order valence-electron chi connectivity index (χ3n) is 4.66. The van der Waals surface area contributed by atoms with Gasteiger partial charge in [0.1, 0.15) is 0 Å². The number of para-hydroxylation sites is 1. The van der Waals surface area contributed by atoms with Crippen LogP contribution in [0.1, 0.15) is 39.5 Å². The SMILES string of the molecule is CCCCN(CCCC)c1nc(NCCOCCOCCN)nc(Nc2ccccc2)n1. The number of hydrogen-bond donors (Lipinski definition) is 3. The lowest BCUT2D eigenvalue weighted by Crippen LogP contribution is -2.28. The van der Waals surface area contributed by atoms with Crippen molar-refractivity contribution < 1.29 is 9.47 Å². The van der Waals surface area contributed by atoms with Crippen LogP contribution in [-0.4, -0.2) is 67.6 Å². The maximum atomic E-state index is 5.59. The molecule has 0 fully saturated rings. The molecule has 1 aromatic heterocycles. The van der Waals surface area contributed by atoms with E-state index in [1.807, 2.05) is 30.3 Å². The van der Waals surface area contributed by atoms with Crippen molar-refractivity contribution in [1.82, 2.24) is 15.0 Å². The number of aromatic nitrogens is 3. The van der Waals surface area contributed by atoms with Crippen molar-refractivity contribution in [2.45, 2.75) is 39.5 Å². The number of ether oxygens (including phenoxy) is 2. The monoisotopic (exact) mass is 445 g/mol. The van der Waals surface area contributed by atoms with Crippen molar-refractivity contribution in [2.75, 3.05) is 68.1 Å². The van der Waals surface area contributed by atoms with E-state index in [4.69, 9.17) is 25.2 Å². The zero-order valence-electron chi connectivity index (χ0n) is 19.6. The Balaban J connectivity index is 2.05. The maximum Gasteiger partial charge on any atom is 0.233 e. The van der Waals surface area contributed by atoms with Gasteiger partial charge in [0.05, 0.1) is 26.4 Å². The van der Waals surface area contributed by atoms with Gasteiger partial charge >= 0.3 is 0 Å². The fraction of sp³-hybridized carbons (Fsp3) is 0.609. The Morgan fingerprint density at radius 1 is 0.844 bits per heavy atom. The van der Waals surface area contributed by atoms with Crippen LogP contribution in [0.15, 0.2) is 30.3 Å². The molecule has 0 unspecified atom stereocenters. The minimum absolute atomic E-state index is 0.524. The summed E-state index contributed by atoms with van der Waals surface area (Å²) < 4.78 is 10.9. The number of unbranched alkanes of at least 4 members (excludes halogenated alkanes) is 2. The number of benzene rings is 1. The molecule has 0 saturated heterocycles. The molecule has 0 aliphatic rings. The van der Waals surface area contributed by atoms with Gasteiger partial charge in [0.25, 0.3) is 0 Å². The van der Waals surface area contributed by atoms with Gasteiger partial charge in [-0.15, -0.1) is 0 Å². The summed E-state index contributed by atoms with van der Waals surface area (Å²) in [5.74, 6) is 1.76. The highest BCUT2D eigenvalue weighted by atomic mass is 16.5. The Labute approximate surface area is 192 Å². The molecule has 9 nitrogen and oxygen atoms in total. The molecule has 32 heavy (non-hydrogen) atoms. The van der Waals surface area contributed by atoms with E-state index >= 15 is 0 Å². The van der Waals surface area contributed by atoms with Gasteiger partial charge in [-0.2, -0.15) is 15.0 Å². The van der Waals surface area contributed by atoms with Crippen LogP contribution in [0.2, 0.25) is 0 Å². The molecule has 0 saturated carbocycles. The molecule has 2 aromatic rings. The number of nitrogens with two attached hydrogens (primary N) is 1. The average Bonchev–Trinajstić information content (AvgIpc) is 2.81. The maximum absolute atomic E-state index is 5.59. The summed E-state index contributed by atoms with van der Waals surface area (Å²) in [6, 6.07) is 9.92. The number of nitrogens with one attached hydrogen (secondary N) is 2. The lowest BCUT2D eigenvalue weighted by Gasteiger charge is -2.23. The van der Waals surface area contributed by atoms with Crippen molar-refractivity contribution in [3.63, 3.8) is 0 Å². The fourth-order valence-corrected chi connectivity index (χ4v) is 2.94. The predicted molar refractivity (Wildman–Crippen MR) is 131 cm³/mol. The van der Waals surface area contributed by atoms with E-state index in [0.717, 1.165) is 44.5 Å². The molecule has 2 rings (SSSR count). The van der Waals surface area contributed by atoms with Gasteiger partial charge in [0, 0.05) is 31.9 Å². The van der Waals surface area contributed by atoms with Gasteiger partial charge in [-0.1, -0.05) is 44.9 Å². The van der Waals surface area contributed by atoms with Crippen LogP contribution < -0.4 is 21.3 Å². The van der Waals surface area contributed by atoms with E-state index in [-0.39, 0.29) is 0 Å². The summed E-state index contributed by atoms with van der Waals surface area (Å²) in [6.07, 6.45) is 4.44. The highest BCUT2D eigenvalue weighted by Gasteiger charge is 2.13. The Bertz CT molecular complexity index is 726. The van der Waals surface area contributed by atoms with Crippen LogP contribution in [0, 0.1) is 0 Å². The third-order valence-corrected chi connectivity index (χ3v) is 4.66. The highest BCUT2D eigenvalue weighted by Crippen LogP contribution is 2.18. The smallest absolute Gasteiger partial charge is 0.233 e. The van der Waals surface area contributed by atoms with Crippen molar-refractivity contribution in [3.8, 4) is 0 Å². The zero-order valence-corrected chi connectivity index (χ0v) is 19.6. The van der Waals surface area contributed by atoms with E-state index in [0.29, 0.717) is 57.4 Å². The van der Waals surface area contributed by atoms with Crippen molar-refractivity contribution in [1.29, 1.82) is 0 Å². The second-order valence-electron chi connectivity index (χ2n) is 7.41. The second-order valence-corrected chi connectivity index (χ2v) is 7.41. The zero-order chi connectivity index (χ0) is 22.9. The van der Waals surface area contributed by atoms with Gasteiger partial charge in [0.15, 0.2) is 0 Å². The predicted octanol–water partition coefficient (Wildman–Crippen LogP) is 3.43. The lowest BCUT2D eigenvalue weighted by molar-refractivity contribution is 0.0547. The van der Waals surface area contributed by atoms with Crippen LogP contribution in [0.5, 0.6) is 0 Å². The van der Waals surface area contributed by atoms with Gasteiger partial charge in [-0.25, -0.2) is 0 Å². The minimum atomic E-state index is 0.524. The topological polar surface area (TPSA) is 110 Å². The molecule has 4 N–H and O–H groups in total. The van der Waals surface area contributed by atoms with Gasteiger partial charge in [-0.3, -0.25) is 0 Å². The van der Waals surface area contributed by atoms with E-state index < -0.39 is 0 Å². The van der Waals surface area contributed by atoms with Crippen LogP contribution in [-0.2, 0) is 9.47 Å². The lowest BCUT2D eigenvalue weighted by atomic mass is 10.3. The number of nitrogens with zero attached hydrogens (tertiary/aromatic N) is 4. The van der Waals surface area contributed by atoms with Crippen molar-refractivity contribution in [2.24, 2.45) is 5.73 Å².